The van der Waals surface area contributed by atoms with Crippen LogP contribution in [0.25, 0.3) is 39.0 Å². The fraction of sp³-hybridized carbons (Fsp3) is 0.341. The number of nitrogens with zero attached hydrogens (tertiary/aromatic N) is 3. The van der Waals surface area contributed by atoms with E-state index in [0.29, 0.717) is 11.6 Å². The van der Waals surface area contributed by atoms with Crippen molar-refractivity contribution in [2.45, 2.75) is 83.1 Å². The van der Waals surface area contributed by atoms with Crippen LogP contribution in [0.3, 0.4) is 0 Å². The van der Waals surface area contributed by atoms with Crippen molar-refractivity contribution in [3.8, 4) is 11.3 Å². The SMILES string of the molecule is C=CC1=NC2CC(=C)[n+]3ccc(C(C)C4CCCCC4)cc3-c3cc4c(cc3CCC2c2ccccc21)oc1nc(C)ccc14. The average Bonchev–Trinajstić information content (AvgIpc) is 3.42. The monoisotopic (exact) mass is 592 g/mol. The Balaban J connectivity index is 1.32. The molecule has 3 aliphatic rings. The summed E-state index contributed by atoms with van der Waals surface area (Å²) in [4.78, 5) is 10.0. The van der Waals surface area contributed by atoms with Crippen LogP contribution in [0.4, 0.5) is 0 Å². The molecule has 1 fully saturated rings. The maximum atomic E-state index is 6.40. The van der Waals surface area contributed by atoms with Gasteiger partial charge < -0.3 is 4.42 Å². The lowest BCUT2D eigenvalue weighted by atomic mass is 9.77. The van der Waals surface area contributed by atoms with Gasteiger partial charge in [0.1, 0.15) is 5.58 Å². The van der Waals surface area contributed by atoms with Crippen LogP contribution in [0.2, 0.25) is 0 Å². The van der Waals surface area contributed by atoms with E-state index >= 15 is 0 Å². The minimum Gasteiger partial charge on any atom is -0.438 e. The number of furan rings is 1. The molecule has 0 N–H and O–H groups in total. The Bertz CT molecular complexity index is 2010. The van der Waals surface area contributed by atoms with Gasteiger partial charge in [0.05, 0.1) is 23.7 Å². The predicted molar refractivity (Wildman–Crippen MR) is 185 cm³/mol. The van der Waals surface area contributed by atoms with Gasteiger partial charge in [0.15, 0.2) is 11.9 Å². The Labute approximate surface area is 266 Å². The Morgan fingerprint density at radius 2 is 1.80 bits per heavy atom. The average molecular weight is 593 g/mol. The largest absolute Gasteiger partial charge is 0.438 e. The molecule has 1 aliphatic carbocycles. The molecule has 8 rings (SSSR count). The minimum atomic E-state index is 0.102. The molecule has 4 heteroatoms. The molecule has 3 aromatic heterocycles. The number of fused-ring (bicyclic) bond motifs is 9. The summed E-state index contributed by atoms with van der Waals surface area (Å²) in [5.41, 5.74) is 12.4. The molecule has 1 saturated carbocycles. The summed E-state index contributed by atoms with van der Waals surface area (Å²) in [6.07, 6.45) is 13.7. The van der Waals surface area contributed by atoms with E-state index in [-0.39, 0.29) is 12.0 Å². The zero-order chi connectivity index (χ0) is 30.7. The van der Waals surface area contributed by atoms with Gasteiger partial charge in [-0.05, 0) is 98.1 Å². The first-order valence-corrected chi connectivity index (χ1v) is 16.8. The Morgan fingerprint density at radius 3 is 2.64 bits per heavy atom. The van der Waals surface area contributed by atoms with Crippen molar-refractivity contribution in [2.75, 3.05) is 0 Å². The zero-order valence-electron chi connectivity index (χ0n) is 26.6. The molecule has 5 aromatic rings. The normalized spacial score (nSPS) is 20.9. The third-order valence-corrected chi connectivity index (χ3v) is 10.9. The molecule has 2 aromatic carbocycles. The van der Waals surface area contributed by atoms with E-state index in [4.69, 9.17) is 21.0 Å². The maximum absolute atomic E-state index is 6.40. The number of allylic oxidation sites excluding steroid dienone is 1. The van der Waals surface area contributed by atoms with Crippen molar-refractivity contribution < 1.29 is 8.98 Å². The van der Waals surface area contributed by atoms with Crippen LogP contribution in [0, 0.1) is 12.8 Å². The highest BCUT2D eigenvalue weighted by molar-refractivity contribution is 6.10. The standard InChI is InChI=1S/C41H42N3O/c1-5-37-32-14-10-9-13-31(32)33-18-16-30-23-40-36(34-17-15-25(2)42-41(34)45-40)24-35(30)39-22-29(27(4)28-11-7-6-8-12-28)19-20-44(39)26(3)21-38(33)43-37/h5,9-10,13-15,17,19-20,22-24,27-28,33,38H,1,3,6-8,11-12,16,18,21H2,2,4H3/q+1. The van der Waals surface area contributed by atoms with Crippen molar-refractivity contribution in [1.82, 2.24) is 4.98 Å². The number of rotatable bonds is 3. The quantitative estimate of drug-likeness (QED) is 0.196. The fourth-order valence-corrected chi connectivity index (χ4v) is 8.42. The third kappa shape index (κ3) is 4.86. The van der Waals surface area contributed by atoms with E-state index in [1.165, 1.54) is 65.6 Å². The number of hydrogen-bond donors (Lipinski definition) is 0. The van der Waals surface area contributed by atoms with Crippen LogP contribution < -0.4 is 4.57 Å². The summed E-state index contributed by atoms with van der Waals surface area (Å²) in [6.45, 7) is 13.3. The summed E-state index contributed by atoms with van der Waals surface area (Å²) < 4.78 is 8.75. The molecular weight excluding hydrogens is 550 g/mol. The van der Waals surface area contributed by atoms with Crippen LogP contribution in [0.15, 0.2) is 95.5 Å². The van der Waals surface area contributed by atoms with Gasteiger partial charge in [0.25, 0.3) is 0 Å². The van der Waals surface area contributed by atoms with Gasteiger partial charge in [-0.2, -0.15) is 4.57 Å². The van der Waals surface area contributed by atoms with Gasteiger partial charge in [-0.25, -0.2) is 4.98 Å². The molecule has 4 nitrogen and oxygen atoms in total. The third-order valence-electron chi connectivity index (χ3n) is 10.9. The van der Waals surface area contributed by atoms with Crippen LogP contribution in [0.1, 0.15) is 91.7 Å². The van der Waals surface area contributed by atoms with E-state index in [9.17, 15) is 0 Å². The first kappa shape index (κ1) is 28.2. The number of pyridine rings is 2. The van der Waals surface area contributed by atoms with Gasteiger partial charge in [-0.3, -0.25) is 4.99 Å². The van der Waals surface area contributed by atoms with Crippen LogP contribution >= 0.6 is 0 Å². The van der Waals surface area contributed by atoms with E-state index in [2.05, 4.69) is 84.9 Å². The first-order chi connectivity index (χ1) is 22.0. The number of aryl methyl sites for hydroxylation is 2. The molecule has 3 unspecified atom stereocenters. The van der Waals surface area contributed by atoms with E-state index in [1.807, 2.05) is 13.0 Å². The molecule has 5 heterocycles. The highest BCUT2D eigenvalue weighted by Crippen LogP contribution is 2.42. The maximum Gasteiger partial charge on any atom is 0.227 e. The van der Waals surface area contributed by atoms with Gasteiger partial charge in [-0.15, -0.1) is 0 Å². The van der Waals surface area contributed by atoms with Crippen molar-refractivity contribution >= 4 is 33.5 Å². The zero-order valence-corrected chi connectivity index (χ0v) is 26.6. The van der Waals surface area contributed by atoms with E-state index in [1.54, 1.807) is 0 Å². The Kier molecular flexibility index (Phi) is 7.04. The molecule has 2 aliphatic heterocycles. The summed E-state index contributed by atoms with van der Waals surface area (Å²) >= 11 is 0. The van der Waals surface area contributed by atoms with Gasteiger partial charge in [0.2, 0.25) is 11.4 Å². The lowest BCUT2D eigenvalue weighted by Gasteiger charge is -2.32. The number of hydrogen-bond acceptors (Lipinski definition) is 3. The second-order valence-electron chi connectivity index (χ2n) is 13.6. The summed E-state index contributed by atoms with van der Waals surface area (Å²) in [5, 5.41) is 2.19. The number of aromatic nitrogens is 2. The van der Waals surface area contributed by atoms with E-state index in [0.717, 1.165) is 58.6 Å². The molecular formula is C41H42N3O+. The van der Waals surface area contributed by atoms with E-state index < -0.39 is 0 Å². The molecule has 0 saturated heterocycles. The number of aliphatic imine (C=N–C) groups is 1. The lowest BCUT2D eigenvalue weighted by Crippen LogP contribution is -2.38. The highest BCUT2D eigenvalue weighted by Gasteiger charge is 2.35. The van der Waals surface area contributed by atoms with Crippen LogP contribution in [-0.4, -0.2) is 16.7 Å². The molecule has 226 valence electrons. The van der Waals surface area contributed by atoms with Crippen molar-refractivity contribution in [1.29, 1.82) is 0 Å². The molecule has 0 bridgehead atoms. The summed E-state index contributed by atoms with van der Waals surface area (Å²) in [5.74, 6) is 1.55. The smallest absolute Gasteiger partial charge is 0.227 e. The van der Waals surface area contributed by atoms with Gasteiger partial charge in [0, 0.05) is 40.1 Å². The van der Waals surface area contributed by atoms with Gasteiger partial charge in [-0.1, -0.05) is 57.0 Å². The molecule has 0 spiro atoms. The Morgan fingerprint density at radius 1 is 0.956 bits per heavy atom. The van der Waals surface area contributed by atoms with Crippen molar-refractivity contribution in [3.63, 3.8) is 0 Å². The topological polar surface area (TPSA) is 42.3 Å². The molecule has 0 amide bonds. The first-order valence-electron chi connectivity index (χ1n) is 16.8. The molecule has 3 atom stereocenters. The lowest BCUT2D eigenvalue weighted by molar-refractivity contribution is -0.571. The molecule has 0 radical (unpaired) electrons. The van der Waals surface area contributed by atoms with Gasteiger partial charge >= 0.3 is 0 Å². The number of benzene rings is 2. The minimum absolute atomic E-state index is 0.102. The van der Waals surface area contributed by atoms with Crippen molar-refractivity contribution in [2.24, 2.45) is 10.9 Å². The molecule has 45 heavy (non-hydrogen) atoms. The summed E-state index contributed by atoms with van der Waals surface area (Å²) in [7, 11) is 0. The van der Waals surface area contributed by atoms with Crippen LogP contribution in [-0.2, 0) is 6.42 Å². The fourth-order valence-electron chi connectivity index (χ4n) is 8.42. The second-order valence-corrected chi connectivity index (χ2v) is 13.6. The highest BCUT2D eigenvalue weighted by atomic mass is 16.3. The summed E-state index contributed by atoms with van der Waals surface area (Å²) in [6, 6.07) is 22.6. The second kappa shape index (κ2) is 11.2. The van der Waals surface area contributed by atoms with Crippen LogP contribution in [0.5, 0.6) is 0 Å². The van der Waals surface area contributed by atoms with Crippen molar-refractivity contribution in [3.05, 3.63) is 114 Å². The predicted octanol–water partition coefficient (Wildman–Crippen LogP) is 9.88. The Hall–Kier alpha value is -4.31.